The fourth-order valence-electron chi connectivity index (χ4n) is 3.25. The molecule has 4 rings (SSSR count). The second-order valence-electron chi connectivity index (χ2n) is 5.71. The summed E-state index contributed by atoms with van der Waals surface area (Å²) in [5.74, 6) is 1.24. The van der Waals surface area contributed by atoms with E-state index in [4.69, 9.17) is 4.52 Å². The van der Waals surface area contributed by atoms with E-state index in [0.29, 0.717) is 24.7 Å². The molecule has 0 bridgehead atoms. The molecule has 2 heterocycles. The van der Waals surface area contributed by atoms with Crippen LogP contribution in [0, 0.1) is 0 Å². The Balaban J connectivity index is 1.66. The zero-order valence-electron chi connectivity index (χ0n) is 11.2. The maximum absolute atomic E-state index is 10.5. The first-order valence-corrected chi connectivity index (χ1v) is 7.11. The number of aromatic nitrogens is 2. The highest BCUT2D eigenvalue weighted by atomic mass is 16.5. The lowest BCUT2D eigenvalue weighted by atomic mass is 10.0. The molecule has 2 aromatic rings. The minimum atomic E-state index is -0.997. The molecule has 1 saturated heterocycles. The Bertz CT molecular complexity index is 632. The van der Waals surface area contributed by atoms with E-state index in [-0.39, 0.29) is 5.92 Å². The Labute approximate surface area is 117 Å². The molecule has 1 fully saturated rings. The number of fused-ring (bicyclic) bond motifs is 1. The monoisotopic (exact) mass is 271 g/mol. The maximum atomic E-state index is 10.5. The van der Waals surface area contributed by atoms with Gasteiger partial charge in [0.2, 0.25) is 0 Å². The molecule has 1 aromatic carbocycles. The van der Waals surface area contributed by atoms with Crippen LogP contribution in [0.2, 0.25) is 0 Å². The van der Waals surface area contributed by atoms with Crippen LogP contribution in [0.5, 0.6) is 0 Å². The first-order valence-electron chi connectivity index (χ1n) is 7.11. The number of nitrogens with zero attached hydrogens (tertiary/aromatic N) is 2. The highest BCUT2D eigenvalue weighted by Gasteiger charge is 2.39. The lowest BCUT2D eigenvalue weighted by Crippen LogP contribution is -2.28. The summed E-state index contributed by atoms with van der Waals surface area (Å²) in [6.07, 6.45) is 2.68. The first-order chi connectivity index (χ1) is 9.76. The number of β-amino-alcohol motifs (C(OH)–C–C–N with tert-alkyl or cyclic N) is 1. The van der Waals surface area contributed by atoms with Crippen molar-refractivity contribution in [3.63, 3.8) is 0 Å². The fraction of sp³-hybridized carbons (Fsp3) is 0.467. The van der Waals surface area contributed by atoms with Gasteiger partial charge in [0.05, 0.1) is 0 Å². The number of hydrogen-bond acceptors (Lipinski definition) is 5. The number of nitrogens with one attached hydrogen (secondary N) is 1. The summed E-state index contributed by atoms with van der Waals surface area (Å²) in [7, 11) is 0. The van der Waals surface area contributed by atoms with Gasteiger partial charge < -0.3 is 14.9 Å². The summed E-state index contributed by atoms with van der Waals surface area (Å²) in [5.41, 5.74) is 1.66. The summed E-state index contributed by atoms with van der Waals surface area (Å²) < 4.78 is 5.33. The molecule has 5 heteroatoms. The van der Waals surface area contributed by atoms with E-state index in [2.05, 4.69) is 33.7 Å². The van der Waals surface area contributed by atoms with Gasteiger partial charge in [-0.25, -0.2) is 0 Å². The smallest absolute Gasteiger partial charge is 0.260 e. The van der Waals surface area contributed by atoms with Crippen LogP contribution < -0.4 is 5.32 Å². The molecule has 0 spiro atoms. The predicted molar refractivity (Wildman–Crippen MR) is 72.3 cm³/mol. The normalized spacial score (nSPS) is 28.8. The zero-order chi connectivity index (χ0) is 13.6. The van der Waals surface area contributed by atoms with Crippen LogP contribution in [0.25, 0.3) is 0 Å². The van der Waals surface area contributed by atoms with Gasteiger partial charge in [-0.3, -0.25) is 0 Å². The van der Waals surface area contributed by atoms with Crippen molar-refractivity contribution in [1.82, 2.24) is 15.5 Å². The standard InChI is InChI=1S/C15H17N3O2/c19-15(7-8-16-9-15)14-17-13(18-20-14)12-6-5-10-3-1-2-4-11(10)12/h1-4,12,16,19H,5-9H2. The number of rotatable bonds is 2. The Morgan fingerprint density at radius 3 is 3.10 bits per heavy atom. The van der Waals surface area contributed by atoms with E-state index >= 15 is 0 Å². The van der Waals surface area contributed by atoms with Gasteiger partial charge in [-0.15, -0.1) is 0 Å². The molecular formula is C15H17N3O2. The van der Waals surface area contributed by atoms with Gasteiger partial charge >= 0.3 is 0 Å². The largest absolute Gasteiger partial charge is 0.379 e. The number of benzene rings is 1. The number of hydrogen-bond donors (Lipinski definition) is 2. The van der Waals surface area contributed by atoms with Crippen LogP contribution in [0.3, 0.4) is 0 Å². The van der Waals surface area contributed by atoms with Gasteiger partial charge in [0.1, 0.15) is 0 Å². The van der Waals surface area contributed by atoms with Crippen molar-refractivity contribution in [2.75, 3.05) is 13.1 Å². The second-order valence-corrected chi connectivity index (χ2v) is 5.71. The topological polar surface area (TPSA) is 71.2 Å². The highest BCUT2D eigenvalue weighted by Crippen LogP contribution is 2.37. The highest BCUT2D eigenvalue weighted by molar-refractivity contribution is 5.38. The van der Waals surface area contributed by atoms with Gasteiger partial charge in [-0.05, 0) is 36.9 Å². The van der Waals surface area contributed by atoms with Gasteiger partial charge in [0.25, 0.3) is 5.89 Å². The maximum Gasteiger partial charge on any atom is 0.260 e. The lowest BCUT2D eigenvalue weighted by Gasteiger charge is -2.14. The van der Waals surface area contributed by atoms with Crippen LogP contribution in [0.15, 0.2) is 28.8 Å². The zero-order valence-corrected chi connectivity index (χ0v) is 11.2. The first kappa shape index (κ1) is 12.1. The third-order valence-corrected chi connectivity index (χ3v) is 4.42. The van der Waals surface area contributed by atoms with Gasteiger partial charge in [-0.1, -0.05) is 29.4 Å². The summed E-state index contributed by atoms with van der Waals surface area (Å²) in [5, 5.41) is 17.7. The molecule has 2 unspecified atom stereocenters. The lowest BCUT2D eigenvalue weighted by molar-refractivity contribution is 0.0243. The summed E-state index contributed by atoms with van der Waals surface area (Å²) in [6.45, 7) is 1.26. The van der Waals surface area contributed by atoms with Gasteiger partial charge in [0.15, 0.2) is 11.4 Å². The van der Waals surface area contributed by atoms with E-state index < -0.39 is 5.60 Å². The van der Waals surface area contributed by atoms with E-state index in [9.17, 15) is 5.11 Å². The molecule has 2 N–H and O–H groups in total. The average Bonchev–Trinajstić information content (AvgIpc) is 3.16. The second kappa shape index (κ2) is 4.40. The molecule has 1 aliphatic carbocycles. The van der Waals surface area contributed by atoms with E-state index in [1.54, 1.807) is 0 Å². The molecular weight excluding hydrogens is 254 g/mol. The summed E-state index contributed by atoms with van der Waals surface area (Å²) in [6, 6.07) is 8.40. The molecule has 0 radical (unpaired) electrons. The summed E-state index contributed by atoms with van der Waals surface area (Å²) in [4.78, 5) is 4.48. The fourth-order valence-corrected chi connectivity index (χ4v) is 3.25. The third kappa shape index (κ3) is 1.77. The molecule has 1 aliphatic heterocycles. The van der Waals surface area contributed by atoms with E-state index in [1.165, 1.54) is 11.1 Å². The van der Waals surface area contributed by atoms with Crippen molar-refractivity contribution in [2.45, 2.75) is 30.8 Å². The van der Waals surface area contributed by atoms with Crippen LogP contribution in [-0.2, 0) is 12.0 Å². The van der Waals surface area contributed by atoms with Gasteiger partial charge in [0, 0.05) is 12.5 Å². The Morgan fingerprint density at radius 2 is 2.25 bits per heavy atom. The molecule has 0 amide bonds. The van der Waals surface area contributed by atoms with Crippen LogP contribution >= 0.6 is 0 Å². The SMILES string of the molecule is OC1(c2nc(C3CCc4ccccc43)no2)CCNC1. The summed E-state index contributed by atoms with van der Waals surface area (Å²) >= 11 is 0. The molecule has 5 nitrogen and oxygen atoms in total. The Morgan fingerprint density at radius 1 is 1.35 bits per heavy atom. The molecule has 104 valence electrons. The third-order valence-electron chi connectivity index (χ3n) is 4.42. The molecule has 0 saturated carbocycles. The Kier molecular flexibility index (Phi) is 2.65. The van der Waals surface area contributed by atoms with Crippen LogP contribution in [0.4, 0.5) is 0 Å². The molecule has 2 aliphatic rings. The van der Waals surface area contributed by atoms with Crippen LogP contribution in [0.1, 0.15) is 41.6 Å². The van der Waals surface area contributed by atoms with Crippen molar-refractivity contribution in [1.29, 1.82) is 0 Å². The van der Waals surface area contributed by atoms with Crippen molar-refractivity contribution >= 4 is 0 Å². The van der Waals surface area contributed by atoms with Crippen molar-refractivity contribution < 1.29 is 9.63 Å². The van der Waals surface area contributed by atoms with Crippen molar-refractivity contribution in [3.8, 4) is 0 Å². The quantitative estimate of drug-likeness (QED) is 0.862. The molecule has 2 atom stereocenters. The van der Waals surface area contributed by atoms with Crippen molar-refractivity contribution in [2.24, 2.45) is 0 Å². The molecule has 20 heavy (non-hydrogen) atoms. The minimum absolute atomic E-state index is 0.196. The average molecular weight is 271 g/mol. The molecule has 1 aromatic heterocycles. The predicted octanol–water partition coefficient (Wildman–Crippen LogP) is 1.33. The number of aryl methyl sites for hydroxylation is 1. The van der Waals surface area contributed by atoms with Gasteiger partial charge in [-0.2, -0.15) is 4.98 Å². The van der Waals surface area contributed by atoms with E-state index in [1.807, 2.05) is 6.07 Å². The van der Waals surface area contributed by atoms with Crippen LogP contribution in [-0.4, -0.2) is 28.3 Å². The van der Waals surface area contributed by atoms with Crippen molar-refractivity contribution in [3.05, 3.63) is 47.1 Å². The minimum Gasteiger partial charge on any atom is -0.379 e. The Hall–Kier alpha value is -1.72. The van der Waals surface area contributed by atoms with E-state index in [0.717, 1.165) is 19.4 Å². The number of aliphatic hydroxyl groups is 1.